The van der Waals surface area contributed by atoms with Crippen LogP contribution in [-0.4, -0.2) is 22.2 Å². The van der Waals surface area contributed by atoms with Gasteiger partial charge in [-0.1, -0.05) is 6.07 Å². The molecule has 2 rings (SSSR count). The van der Waals surface area contributed by atoms with Crippen molar-refractivity contribution < 1.29 is 19.8 Å². The smallest absolute Gasteiger partial charge is 0.339 e. The highest BCUT2D eigenvalue weighted by atomic mass is 32.1. The average molecular weight is 306 g/mol. The molecule has 0 fully saturated rings. The van der Waals surface area contributed by atoms with Crippen LogP contribution in [0.3, 0.4) is 0 Å². The van der Waals surface area contributed by atoms with E-state index in [9.17, 15) is 14.7 Å². The molecule has 1 aromatic heterocycles. The van der Waals surface area contributed by atoms with Crippen LogP contribution < -0.4 is 10.6 Å². The predicted octanol–water partition coefficient (Wildman–Crippen LogP) is 3.03. The lowest BCUT2D eigenvalue weighted by atomic mass is 10.2. The van der Waals surface area contributed by atoms with Gasteiger partial charge in [-0.15, -0.1) is 11.3 Å². The van der Waals surface area contributed by atoms with E-state index in [-0.39, 0.29) is 11.6 Å². The number of hydrogen-bond acceptors (Lipinski definition) is 4. The third-order valence-electron chi connectivity index (χ3n) is 2.80. The number of carboxylic acids is 1. The summed E-state index contributed by atoms with van der Waals surface area (Å²) in [5.41, 5.74) is 0.0984. The molecule has 0 bridgehead atoms. The van der Waals surface area contributed by atoms with Crippen molar-refractivity contribution in [3.05, 3.63) is 46.2 Å². The molecule has 2 amide bonds. The molecular weight excluding hydrogens is 292 g/mol. The molecule has 0 aliphatic heterocycles. The largest absolute Gasteiger partial charge is 0.507 e. The Morgan fingerprint density at radius 1 is 1.29 bits per heavy atom. The number of benzene rings is 1. The number of thiophene rings is 1. The van der Waals surface area contributed by atoms with Crippen LogP contribution in [0.2, 0.25) is 0 Å². The van der Waals surface area contributed by atoms with Crippen LogP contribution in [0.4, 0.5) is 10.5 Å². The van der Waals surface area contributed by atoms with Gasteiger partial charge in [-0.25, -0.2) is 9.59 Å². The number of nitrogens with one attached hydrogen (secondary N) is 2. The predicted molar refractivity (Wildman–Crippen MR) is 80.0 cm³/mol. The first-order valence-corrected chi connectivity index (χ1v) is 7.02. The highest BCUT2D eigenvalue weighted by Crippen LogP contribution is 2.22. The number of phenols is 1. The highest BCUT2D eigenvalue weighted by molar-refractivity contribution is 7.10. The number of carboxylic acid groups (broad SMARTS) is 1. The van der Waals surface area contributed by atoms with Crippen LogP contribution in [0.5, 0.6) is 5.75 Å². The van der Waals surface area contributed by atoms with Crippen LogP contribution >= 0.6 is 11.3 Å². The quantitative estimate of drug-likeness (QED) is 0.697. The van der Waals surface area contributed by atoms with Gasteiger partial charge in [-0.2, -0.15) is 0 Å². The standard InChI is InChI=1S/C14H14N2O4S/c1-8(12-3-2-6-21-12)15-14(20)16-9-4-5-10(13(18)19)11(17)7-9/h2-8,17H,1H3,(H,18,19)(H2,15,16,20). The third kappa shape index (κ3) is 3.73. The Morgan fingerprint density at radius 3 is 2.62 bits per heavy atom. The van der Waals surface area contributed by atoms with Crippen LogP contribution in [0.25, 0.3) is 0 Å². The zero-order chi connectivity index (χ0) is 15.4. The minimum Gasteiger partial charge on any atom is -0.507 e. The third-order valence-corrected chi connectivity index (χ3v) is 3.86. The highest BCUT2D eigenvalue weighted by Gasteiger charge is 2.13. The molecule has 4 N–H and O–H groups in total. The monoisotopic (exact) mass is 306 g/mol. The van der Waals surface area contributed by atoms with Gasteiger partial charge in [0.25, 0.3) is 0 Å². The fourth-order valence-corrected chi connectivity index (χ4v) is 2.50. The zero-order valence-corrected chi connectivity index (χ0v) is 12.0. The molecule has 2 aromatic rings. The summed E-state index contributed by atoms with van der Waals surface area (Å²) in [6.45, 7) is 1.86. The summed E-state index contributed by atoms with van der Waals surface area (Å²) in [4.78, 5) is 23.6. The van der Waals surface area contributed by atoms with Crippen LogP contribution in [0.15, 0.2) is 35.7 Å². The first-order valence-electron chi connectivity index (χ1n) is 6.14. The summed E-state index contributed by atoms with van der Waals surface area (Å²) in [6, 6.07) is 7.09. The molecule has 6 nitrogen and oxygen atoms in total. The number of amides is 2. The number of carbonyl (C=O) groups is 2. The SMILES string of the molecule is CC(NC(=O)Nc1ccc(C(=O)O)c(O)c1)c1cccs1. The number of anilines is 1. The van der Waals surface area contributed by atoms with Gasteiger partial charge >= 0.3 is 12.0 Å². The van der Waals surface area contributed by atoms with Gasteiger partial charge in [0.05, 0.1) is 6.04 Å². The minimum absolute atomic E-state index is 0.142. The Labute approximate surface area is 125 Å². The van der Waals surface area contributed by atoms with E-state index in [0.29, 0.717) is 5.69 Å². The van der Waals surface area contributed by atoms with Gasteiger partial charge in [0.15, 0.2) is 0 Å². The molecule has 0 saturated heterocycles. The number of hydrogen-bond donors (Lipinski definition) is 4. The van der Waals surface area contributed by atoms with Gasteiger partial charge in [-0.05, 0) is 30.5 Å². The molecule has 1 aromatic carbocycles. The molecule has 7 heteroatoms. The summed E-state index contributed by atoms with van der Waals surface area (Å²) < 4.78 is 0. The fourth-order valence-electron chi connectivity index (χ4n) is 1.76. The Hall–Kier alpha value is -2.54. The normalized spacial score (nSPS) is 11.7. The molecule has 110 valence electrons. The lowest BCUT2D eigenvalue weighted by molar-refractivity contribution is 0.0694. The van der Waals surface area contributed by atoms with Crippen molar-refractivity contribution in [2.75, 3.05) is 5.32 Å². The second-order valence-electron chi connectivity index (χ2n) is 4.37. The van der Waals surface area contributed by atoms with E-state index in [0.717, 1.165) is 4.88 Å². The van der Waals surface area contributed by atoms with Crippen molar-refractivity contribution in [2.45, 2.75) is 13.0 Å². The second kappa shape index (κ2) is 6.27. The van der Waals surface area contributed by atoms with E-state index in [1.54, 1.807) is 0 Å². The van der Waals surface area contributed by atoms with E-state index in [2.05, 4.69) is 10.6 Å². The van der Waals surface area contributed by atoms with Crippen LogP contribution in [-0.2, 0) is 0 Å². The maximum atomic E-state index is 11.8. The van der Waals surface area contributed by atoms with Crippen LogP contribution in [0, 0.1) is 0 Å². The van der Waals surface area contributed by atoms with E-state index in [1.807, 2.05) is 24.4 Å². The van der Waals surface area contributed by atoms with Crippen molar-refractivity contribution in [2.24, 2.45) is 0 Å². The topological polar surface area (TPSA) is 98.7 Å². The van der Waals surface area contributed by atoms with Gasteiger partial charge in [0.2, 0.25) is 0 Å². The Bertz CT molecular complexity index is 655. The lowest BCUT2D eigenvalue weighted by Gasteiger charge is -2.13. The number of aromatic carboxylic acids is 1. The summed E-state index contributed by atoms with van der Waals surface area (Å²) in [5, 5.41) is 25.6. The van der Waals surface area contributed by atoms with E-state index >= 15 is 0 Å². The fraction of sp³-hybridized carbons (Fsp3) is 0.143. The Morgan fingerprint density at radius 2 is 2.05 bits per heavy atom. The first-order chi connectivity index (χ1) is 9.97. The van der Waals surface area contributed by atoms with Crippen molar-refractivity contribution in [3.8, 4) is 5.75 Å². The Kier molecular flexibility index (Phi) is 4.44. The molecule has 21 heavy (non-hydrogen) atoms. The van der Waals surface area contributed by atoms with Crippen LogP contribution in [0.1, 0.15) is 28.2 Å². The molecule has 1 heterocycles. The lowest BCUT2D eigenvalue weighted by Crippen LogP contribution is -2.30. The van der Waals surface area contributed by atoms with Gasteiger partial charge < -0.3 is 20.8 Å². The molecule has 0 saturated carbocycles. The molecular formula is C14H14N2O4S. The van der Waals surface area contributed by atoms with E-state index in [1.165, 1.54) is 29.5 Å². The maximum Gasteiger partial charge on any atom is 0.339 e. The molecule has 0 radical (unpaired) electrons. The molecule has 1 unspecified atom stereocenters. The summed E-state index contributed by atoms with van der Waals surface area (Å²) >= 11 is 1.54. The van der Waals surface area contributed by atoms with Gasteiger partial charge in [0.1, 0.15) is 11.3 Å². The minimum atomic E-state index is -1.23. The van der Waals surface area contributed by atoms with Crippen molar-refractivity contribution >= 4 is 29.0 Å². The van der Waals surface area contributed by atoms with E-state index in [4.69, 9.17) is 5.11 Å². The first kappa shape index (κ1) is 14.9. The second-order valence-corrected chi connectivity index (χ2v) is 5.35. The number of aromatic hydroxyl groups is 1. The molecule has 0 spiro atoms. The van der Waals surface area contributed by atoms with E-state index < -0.39 is 17.7 Å². The molecule has 1 atom stereocenters. The summed E-state index contributed by atoms with van der Waals surface area (Å²) in [6.07, 6.45) is 0. The number of urea groups is 1. The van der Waals surface area contributed by atoms with Gasteiger partial charge in [-0.3, -0.25) is 0 Å². The molecule has 0 aliphatic rings. The van der Waals surface area contributed by atoms with Gasteiger partial charge in [0, 0.05) is 16.6 Å². The van der Waals surface area contributed by atoms with Crippen molar-refractivity contribution in [1.29, 1.82) is 0 Å². The number of carbonyl (C=O) groups excluding carboxylic acids is 1. The number of rotatable bonds is 4. The summed E-state index contributed by atoms with van der Waals surface area (Å²) in [7, 11) is 0. The summed E-state index contributed by atoms with van der Waals surface area (Å²) in [5.74, 6) is -1.62. The maximum absolute atomic E-state index is 11.8. The average Bonchev–Trinajstić information content (AvgIpc) is 2.91. The van der Waals surface area contributed by atoms with Crippen molar-refractivity contribution in [1.82, 2.24) is 5.32 Å². The molecule has 0 aliphatic carbocycles. The Balaban J connectivity index is 2.00. The zero-order valence-electron chi connectivity index (χ0n) is 11.2. The van der Waals surface area contributed by atoms with Crippen molar-refractivity contribution in [3.63, 3.8) is 0 Å².